The van der Waals surface area contributed by atoms with Crippen LogP contribution in [-0.2, 0) is 21.6 Å². The van der Waals surface area contributed by atoms with E-state index >= 15 is 0 Å². The predicted molar refractivity (Wildman–Crippen MR) is 162 cm³/mol. The number of aliphatic hydroxyl groups is 1. The van der Waals surface area contributed by atoms with E-state index in [1.165, 1.54) is 11.3 Å². The summed E-state index contributed by atoms with van der Waals surface area (Å²) in [6, 6.07) is 1.16. The number of benzene rings is 1. The first-order chi connectivity index (χ1) is 21.3. The highest BCUT2D eigenvalue weighted by Crippen LogP contribution is 2.50. The number of carbonyl (C=O) groups is 2. The van der Waals surface area contributed by atoms with Crippen molar-refractivity contribution in [2.45, 2.75) is 117 Å². The first kappa shape index (κ1) is 39.0. The minimum atomic E-state index is -5.99. The summed E-state index contributed by atoms with van der Waals surface area (Å²) in [5.74, 6) is 0.400. The van der Waals surface area contributed by atoms with Gasteiger partial charge in [-0.1, -0.05) is 52.7 Å². The third-order valence-corrected chi connectivity index (χ3v) is 8.30. The lowest BCUT2D eigenvalue weighted by Gasteiger charge is -2.41. The summed E-state index contributed by atoms with van der Waals surface area (Å²) >= 11 is 0. The van der Waals surface area contributed by atoms with E-state index in [9.17, 15) is 41.0 Å². The monoisotopic (exact) mass is 664 g/mol. The second kappa shape index (κ2) is 15.1. The maximum atomic E-state index is 13.6. The molecule has 3 atom stereocenters. The Morgan fingerprint density at radius 2 is 1.63 bits per heavy atom. The number of imide groups is 1. The summed E-state index contributed by atoms with van der Waals surface area (Å²) in [6.07, 6.45) is -3.56. The van der Waals surface area contributed by atoms with Crippen LogP contribution < -0.4 is 10.1 Å². The first-order valence-electron chi connectivity index (χ1n) is 15.6. The van der Waals surface area contributed by atoms with Crippen LogP contribution in [0.2, 0.25) is 0 Å². The molecule has 2 aliphatic rings. The molecule has 3 amide bonds. The Bertz CT molecular complexity index is 1260. The molecule has 0 radical (unpaired) electrons. The van der Waals surface area contributed by atoms with Crippen molar-refractivity contribution in [3.63, 3.8) is 0 Å². The molecule has 7 nitrogen and oxygen atoms in total. The van der Waals surface area contributed by atoms with Crippen LogP contribution >= 0.6 is 0 Å². The number of carbonyl (C=O) groups excluding carboxylic acids is 2. The molecule has 1 fully saturated rings. The average Bonchev–Trinajstić information content (AvgIpc) is 3.20. The maximum Gasteiger partial charge on any atom is 0.430 e. The van der Waals surface area contributed by atoms with E-state index in [1.54, 1.807) is 26.8 Å². The molecular weight excluding hydrogens is 618 g/mol. The summed E-state index contributed by atoms with van der Waals surface area (Å²) in [5.41, 5.74) is -8.19. The number of rotatable bonds is 12. The van der Waals surface area contributed by atoms with Crippen LogP contribution in [0.15, 0.2) is 42.2 Å². The zero-order valence-corrected chi connectivity index (χ0v) is 27.5. The fraction of sp³-hybridized carbons (Fsp3) is 0.636. The highest BCUT2D eigenvalue weighted by molar-refractivity contribution is 6.07. The molecule has 1 aliphatic heterocycles. The summed E-state index contributed by atoms with van der Waals surface area (Å²) in [7, 11) is 0. The van der Waals surface area contributed by atoms with E-state index < -0.39 is 46.5 Å². The largest absolute Gasteiger partial charge is 0.494 e. The van der Waals surface area contributed by atoms with Crippen LogP contribution in [0.4, 0.5) is 31.1 Å². The number of urea groups is 1. The van der Waals surface area contributed by atoms with E-state index in [2.05, 4.69) is 19.2 Å². The lowest BCUT2D eigenvalue weighted by atomic mass is 9.67. The van der Waals surface area contributed by atoms with E-state index in [-0.39, 0.29) is 30.2 Å². The molecule has 1 aromatic carbocycles. The van der Waals surface area contributed by atoms with E-state index in [0.717, 1.165) is 6.07 Å². The van der Waals surface area contributed by atoms with Crippen molar-refractivity contribution in [3.8, 4) is 5.75 Å². The Balaban J connectivity index is 0.00000236. The molecule has 3 rings (SSSR count). The third kappa shape index (κ3) is 7.83. The molecule has 0 saturated carbocycles. The van der Waals surface area contributed by atoms with Crippen LogP contribution in [0.3, 0.4) is 0 Å². The van der Waals surface area contributed by atoms with Crippen molar-refractivity contribution in [1.29, 1.82) is 0 Å². The highest BCUT2D eigenvalue weighted by Gasteiger charge is 2.71. The standard InChI is InChI=1S/C30H38F6N2O5.C3H8/c1-6-9-20-18-21(28(41,29(31,32)33)30(34,35)36)11-12-23(20)43-17-8-10-19(3)38-24(39)27(5,37-25(38)40)26(4)15-13-22(14-16-26)42-7-2;1-3-2/h11-15,18-19,41H,6-10,16-17H2,1-5H3,(H,37,40);3H2,1-2H3. The van der Waals surface area contributed by atoms with Gasteiger partial charge in [-0.3, -0.25) is 9.69 Å². The number of hydrogen-bond donors (Lipinski definition) is 2. The van der Waals surface area contributed by atoms with Crippen LogP contribution in [0.25, 0.3) is 0 Å². The van der Waals surface area contributed by atoms with Crippen molar-refractivity contribution in [3.05, 3.63) is 53.3 Å². The number of alkyl halides is 6. The van der Waals surface area contributed by atoms with E-state index in [0.29, 0.717) is 50.2 Å². The van der Waals surface area contributed by atoms with Gasteiger partial charge in [0.05, 0.1) is 13.2 Å². The van der Waals surface area contributed by atoms with E-state index in [1.807, 2.05) is 26.0 Å². The molecule has 0 spiro atoms. The normalized spacial score (nSPS) is 22.6. The molecule has 2 N–H and O–H groups in total. The van der Waals surface area contributed by atoms with Gasteiger partial charge in [-0.05, 0) is 76.3 Å². The zero-order chi connectivity index (χ0) is 35.1. The molecule has 1 aliphatic carbocycles. The van der Waals surface area contributed by atoms with Crippen molar-refractivity contribution in [1.82, 2.24) is 10.2 Å². The second-order valence-corrected chi connectivity index (χ2v) is 12.0. The Morgan fingerprint density at radius 1 is 1.02 bits per heavy atom. The van der Waals surface area contributed by atoms with Crippen molar-refractivity contribution in [2.24, 2.45) is 5.41 Å². The van der Waals surface area contributed by atoms with Gasteiger partial charge in [-0.2, -0.15) is 26.3 Å². The number of nitrogens with zero attached hydrogens (tertiary/aromatic N) is 1. The highest BCUT2D eigenvalue weighted by atomic mass is 19.4. The Hall–Kier alpha value is -3.22. The second-order valence-electron chi connectivity index (χ2n) is 12.0. The molecule has 3 unspecified atom stereocenters. The van der Waals surface area contributed by atoms with Crippen LogP contribution in [0, 0.1) is 5.41 Å². The molecule has 46 heavy (non-hydrogen) atoms. The number of hydrogen-bond acceptors (Lipinski definition) is 5. The minimum Gasteiger partial charge on any atom is -0.494 e. The molecular formula is C33H46F6N2O5. The quantitative estimate of drug-likeness (QED) is 0.134. The van der Waals surface area contributed by atoms with Crippen molar-refractivity contribution in [2.75, 3.05) is 13.2 Å². The van der Waals surface area contributed by atoms with Crippen molar-refractivity contribution < 1.29 is 50.5 Å². The summed E-state index contributed by atoms with van der Waals surface area (Å²) in [5, 5.41) is 12.6. The summed E-state index contributed by atoms with van der Waals surface area (Å²) in [4.78, 5) is 27.7. The zero-order valence-electron chi connectivity index (χ0n) is 27.5. The SMILES string of the molecule is CCC.CCCc1cc(C(O)(C(F)(F)F)C(F)(F)F)ccc1OCCCC(C)N1C(=O)NC(C)(C2(C)C=CC(OCC)=CC2)C1=O. The Morgan fingerprint density at radius 3 is 2.13 bits per heavy atom. The van der Waals surface area contributed by atoms with Gasteiger partial charge in [0, 0.05) is 17.0 Å². The topological polar surface area (TPSA) is 88.1 Å². The predicted octanol–water partition coefficient (Wildman–Crippen LogP) is 8.11. The molecule has 1 heterocycles. The number of allylic oxidation sites excluding steroid dienone is 2. The van der Waals surface area contributed by atoms with Gasteiger partial charge in [-0.25, -0.2) is 4.79 Å². The van der Waals surface area contributed by atoms with Crippen LogP contribution in [-0.4, -0.2) is 59.1 Å². The lowest BCUT2D eigenvalue weighted by Crippen LogP contribution is -2.56. The van der Waals surface area contributed by atoms with E-state index in [4.69, 9.17) is 9.47 Å². The fourth-order valence-corrected chi connectivity index (χ4v) is 5.40. The number of ether oxygens (including phenoxy) is 2. The van der Waals surface area contributed by atoms with Gasteiger partial charge >= 0.3 is 18.4 Å². The van der Waals surface area contributed by atoms with Crippen molar-refractivity contribution >= 4 is 11.9 Å². The van der Waals surface area contributed by atoms with Crippen LogP contribution in [0.1, 0.15) is 91.7 Å². The number of amides is 3. The Labute approximate surface area is 267 Å². The maximum absolute atomic E-state index is 13.6. The van der Waals surface area contributed by atoms with Crippen LogP contribution in [0.5, 0.6) is 5.75 Å². The molecule has 13 heteroatoms. The van der Waals surface area contributed by atoms with Gasteiger partial charge in [0.15, 0.2) is 0 Å². The number of nitrogens with one attached hydrogen (secondary N) is 1. The lowest BCUT2D eigenvalue weighted by molar-refractivity contribution is -0.376. The van der Waals surface area contributed by atoms with Gasteiger partial charge in [0.25, 0.3) is 11.5 Å². The molecule has 0 bridgehead atoms. The molecule has 1 aromatic rings. The van der Waals surface area contributed by atoms with Gasteiger partial charge in [-0.15, -0.1) is 0 Å². The summed E-state index contributed by atoms with van der Waals surface area (Å²) < 4.78 is 91.4. The first-order valence-corrected chi connectivity index (χ1v) is 15.6. The van der Waals surface area contributed by atoms with Gasteiger partial charge in [0.2, 0.25) is 0 Å². The molecule has 260 valence electrons. The number of aryl methyl sites for hydroxylation is 1. The molecule has 0 aromatic heterocycles. The Kier molecular flexibility index (Phi) is 12.8. The fourth-order valence-electron chi connectivity index (χ4n) is 5.40. The smallest absolute Gasteiger partial charge is 0.430 e. The average molecular weight is 665 g/mol. The summed E-state index contributed by atoms with van der Waals surface area (Å²) in [6.45, 7) is 13.6. The third-order valence-electron chi connectivity index (χ3n) is 8.30. The minimum absolute atomic E-state index is 0.0234. The molecule has 1 saturated heterocycles. The van der Waals surface area contributed by atoms with Gasteiger partial charge < -0.3 is 19.9 Å². The van der Waals surface area contributed by atoms with Gasteiger partial charge in [0.1, 0.15) is 17.0 Å². The number of halogens is 6.